The second-order valence-electron chi connectivity index (χ2n) is 3.56. The summed E-state index contributed by atoms with van der Waals surface area (Å²) in [6.07, 6.45) is 4.32. The van der Waals surface area contributed by atoms with Crippen molar-refractivity contribution in [2.75, 3.05) is 13.1 Å². The van der Waals surface area contributed by atoms with Gasteiger partial charge >= 0.3 is 0 Å². The lowest BCUT2D eigenvalue weighted by Gasteiger charge is -2.22. The molecule has 1 aliphatic rings. The SMILES string of the molecule is O=S(=O)(NC1CCNCC1)c1cnc[nH]1. The summed E-state index contributed by atoms with van der Waals surface area (Å²) >= 11 is 0. The molecule has 7 heteroatoms. The zero-order chi connectivity index (χ0) is 10.7. The van der Waals surface area contributed by atoms with Gasteiger partial charge in [0.2, 0.25) is 0 Å². The molecule has 0 radical (unpaired) electrons. The maximum absolute atomic E-state index is 11.8. The van der Waals surface area contributed by atoms with Crippen molar-refractivity contribution in [3.63, 3.8) is 0 Å². The summed E-state index contributed by atoms with van der Waals surface area (Å²) in [4.78, 5) is 6.28. The van der Waals surface area contributed by atoms with Gasteiger partial charge in [0.25, 0.3) is 10.0 Å². The molecule has 15 heavy (non-hydrogen) atoms. The van der Waals surface area contributed by atoms with Gasteiger partial charge in [-0.05, 0) is 25.9 Å². The third-order valence-corrected chi connectivity index (χ3v) is 3.87. The van der Waals surface area contributed by atoms with E-state index in [4.69, 9.17) is 0 Å². The summed E-state index contributed by atoms with van der Waals surface area (Å²) in [5.74, 6) is 0. The van der Waals surface area contributed by atoms with Crippen LogP contribution in [0.2, 0.25) is 0 Å². The average molecular weight is 230 g/mol. The highest BCUT2D eigenvalue weighted by Gasteiger charge is 2.22. The number of aromatic nitrogens is 2. The monoisotopic (exact) mass is 230 g/mol. The number of hydrogen-bond acceptors (Lipinski definition) is 4. The van der Waals surface area contributed by atoms with Crippen molar-refractivity contribution in [2.24, 2.45) is 0 Å². The first kappa shape index (κ1) is 10.6. The zero-order valence-corrected chi connectivity index (χ0v) is 9.05. The molecular formula is C8H14N4O2S. The van der Waals surface area contributed by atoms with Crippen LogP contribution in [0.3, 0.4) is 0 Å². The summed E-state index contributed by atoms with van der Waals surface area (Å²) in [7, 11) is -3.41. The normalized spacial score (nSPS) is 19.2. The van der Waals surface area contributed by atoms with Crippen LogP contribution in [0.1, 0.15) is 12.8 Å². The topological polar surface area (TPSA) is 86.9 Å². The smallest absolute Gasteiger partial charge is 0.257 e. The summed E-state index contributed by atoms with van der Waals surface area (Å²) in [6.45, 7) is 1.71. The first-order valence-corrected chi connectivity index (χ1v) is 6.38. The van der Waals surface area contributed by atoms with Gasteiger partial charge in [0, 0.05) is 6.04 Å². The highest BCUT2D eigenvalue weighted by Crippen LogP contribution is 2.08. The maximum atomic E-state index is 11.8. The van der Waals surface area contributed by atoms with Gasteiger partial charge in [-0.15, -0.1) is 0 Å². The van der Waals surface area contributed by atoms with Crippen molar-refractivity contribution >= 4 is 10.0 Å². The Kier molecular flexibility index (Phi) is 3.03. The lowest BCUT2D eigenvalue weighted by molar-refractivity contribution is 0.426. The van der Waals surface area contributed by atoms with E-state index >= 15 is 0 Å². The Morgan fingerprint density at radius 1 is 1.40 bits per heavy atom. The molecular weight excluding hydrogens is 216 g/mol. The molecule has 0 spiro atoms. The Balaban J connectivity index is 2.04. The number of aromatic amines is 1. The van der Waals surface area contributed by atoms with Crippen molar-refractivity contribution in [1.82, 2.24) is 20.0 Å². The van der Waals surface area contributed by atoms with Gasteiger partial charge in [-0.3, -0.25) is 0 Å². The van der Waals surface area contributed by atoms with Crippen molar-refractivity contribution in [2.45, 2.75) is 23.9 Å². The number of rotatable bonds is 3. The van der Waals surface area contributed by atoms with Gasteiger partial charge < -0.3 is 10.3 Å². The molecule has 0 aliphatic carbocycles. The van der Waals surface area contributed by atoms with Crippen molar-refractivity contribution in [1.29, 1.82) is 0 Å². The number of piperidine rings is 1. The van der Waals surface area contributed by atoms with E-state index in [1.807, 2.05) is 0 Å². The standard InChI is InChI=1S/C8H14N4O2S/c13-15(14,8-5-10-6-11-8)12-7-1-3-9-4-2-7/h5-7,9,12H,1-4H2,(H,10,11). The molecule has 2 heterocycles. The fraction of sp³-hybridized carbons (Fsp3) is 0.625. The van der Waals surface area contributed by atoms with Crippen molar-refractivity contribution in [3.05, 3.63) is 12.5 Å². The highest BCUT2D eigenvalue weighted by atomic mass is 32.2. The van der Waals surface area contributed by atoms with E-state index in [0.717, 1.165) is 25.9 Å². The first-order chi connectivity index (χ1) is 7.18. The molecule has 0 amide bonds. The lowest BCUT2D eigenvalue weighted by atomic mass is 10.1. The maximum Gasteiger partial charge on any atom is 0.257 e. The second-order valence-corrected chi connectivity index (χ2v) is 5.24. The molecule has 1 fully saturated rings. The summed E-state index contributed by atoms with van der Waals surface area (Å²) in [5, 5.41) is 3.31. The predicted molar refractivity (Wildman–Crippen MR) is 54.8 cm³/mol. The summed E-state index contributed by atoms with van der Waals surface area (Å²) < 4.78 is 26.2. The molecule has 0 aromatic carbocycles. The Hall–Kier alpha value is -0.920. The molecule has 1 saturated heterocycles. The molecule has 6 nitrogen and oxygen atoms in total. The minimum atomic E-state index is -3.41. The summed E-state index contributed by atoms with van der Waals surface area (Å²) in [6, 6.07) is 0.0274. The van der Waals surface area contributed by atoms with E-state index < -0.39 is 10.0 Å². The van der Waals surface area contributed by atoms with Crippen LogP contribution in [-0.4, -0.2) is 37.5 Å². The number of nitrogens with one attached hydrogen (secondary N) is 3. The third kappa shape index (κ3) is 2.55. The number of hydrogen-bond donors (Lipinski definition) is 3. The van der Waals surface area contributed by atoms with Gasteiger partial charge in [-0.1, -0.05) is 0 Å². The quantitative estimate of drug-likeness (QED) is 0.649. The van der Waals surface area contributed by atoms with Crippen molar-refractivity contribution in [3.8, 4) is 0 Å². The van der Waals surface area contributed by atoms with Gasteiger partial charge in [-0.25, -0.2) is 18.1 Å². The van der Waals surface area contributed by atoms with E-state index in [0.29, 0.717) is 0 Å². The third-order valence-electron chi connectivity index (χ3n) is 2.42. The average Bonchev–Trinajstić information content (AvgIpc) is 2.71. The molecule has 0 saturated carbocycles. The van der Waals surface area contributed by atoms with Crippen LogP contribution in [0.4, 0.5) is 0 Å². The zero-order valence-electron chi connectivity index (χ0n) is 8.23. The first-order valence-electron chi connectivity index (χ1n) is 4.90. The molecule has 1 aliphatic heterocycles. The Morgan fingerprint density at radius 2 is 2.13 bits per heavy atom. The van der Waals surface area contributed by atoms with Gasteiger partial charge in [0.15, 0.2) is 5.03 Å². The van der Waals surface area contributed by atoms with Crippen LogP contribution in [0.15, 0.2) is 17.6 Å². The Morgan fingerprint density at radius 3 is 2.73 bits per heavy atom. The van der Waals surface area contributed by atoms with Crippen LogP contribution in [0, 0.1) is 0 Å². The van der Waals surface area contributed by atoms with Crippen LogP contribution in [-0.2, 0) is 10.0 Å². The minimum absolute atomic E-state index is 0.0274. The number of nitrogens with zero attached hydrogens (tertiary/aromatic N) is 1. The highest BCUT2D eigenvalue weighted by molar-refractivity contribution is 7.89. The number of H-pyrrole nitrogens is 1. The molecule has 84 valence electrons. The molecule has 1 aromatic rings. The van der Waals surface area contributed by atoms with Crippen LogP contribution >= 0.6 is 0 Å². The Bertz CT molecular complexity index is 394. The van der Waals surface area contributed by atoms with Crippen molar-refractivity contribution < 1.29 is 8.42 Å². The Labute approximate surface area is 88.5 Å². The van der Waals surface area contributed by atoms with Gasteiger partial charge in [-0.2, -0.15) is 0 Å². The molecule has 1 aromatic heterocycles. The second kappa shape index (κ2) is 4.30. The van der Waals surface area contributed by atoms with Crippen LogP contribution in [0.25, 0.3) is 0 Å². The molecule has 0 atom stereocenters. The largest absolute Gasteiger partial charge is 0.335 e. The molecule has 2 rings (SSSR count). The molecule has 0 bridgehead atoms. The van der Waals surface area contributed by atoms with E-state index in [1.54, 1.807) is 0 Å². The lowest BCUT2D eigenvalue weighted by Crippen LogP contribution is -2.42. The van der Waals surface area contributed by atoms with E-state index in [-0.39, 0.29) is 11.1 Å². The number of sulfonamides is 1. The van der Waals surface area contributed by atoms with Gasteiger partial charge in [0.05, 0.1) is 12.5 Å². The van der Waals surface area contributed by atoms with Crippen LogP contribution in [0.5, 0.6) is 0 Å². The summed E-state index contributed by atoms with van der Waals surface area (Å²) in [5.41, 5.74) is 0. The van der Waals surface area contributed by atoms with Gasteiger partial charge in [0.1, 0.15) is 0 Å². The van der Waals surface area contributed by atoms with Crippen LogP contribution < -0.4 is 10.0 Å². The fourth-order valence-corrected chi connectivity index (χ4v) is 2.82. The number of imidazole rings is 1. The predicted octanol–water partition coefficient (Wildman–Crippen LogP) is -0.560. The minimum Gasteiger partial charge on any atom is -0.335 e. The fourth-order valence-electron chi connectivity index (χ4n) is 1.61. The van der Waals surface area contributed by atoms with E-state index in [9.17, 15) is 8.42 Å². The van der Waals surface area contributed by atoms with E-state index in [1.165, 1.54) is 12.5 Å². The molecule has 3 N–H and O–H groups in total. The molecule has 0 unspecified atom stereocenters. The van der Waals surface area contributed by atoms with E-state index in [2.05, 4.69) is 20.0 Å².